The van der Waals surface area contributed by atoms with E-state index in [1.54, 1.807) is 29.2 Å². The highest BCUT2D eigenvalue weighted by Crippen LogP contribution is 2.30. The zero-order valence-electron chi connectivity index (χ0n) is 26.2. The molecule has 45 heavy (non-hydrogen) atoms. The Balaban J connectivity index is 1.07. The Bertz CT molecular complexity index is 1480. The van der Waals surface area contributed by atoms with Gasteiger partial charge in [0.25, 0.3) is 0 Å². The molecule has 1 heterocycles. The van der Waals surface area contributed by atoms with Gasteiger partial charge in [-0.3, -0.25) is 4.90 Å². The van der Waals surface area contributed by atoms with Crippen LogP contribution in [0.15, 0.2) is 103 Å². The molecule has 4 aromatic carbocycles. The number of benzene rings is 4. The first-order valence-corrected chi connectivity index (χ1v) is 16.2. The number of hydrogen-bond acceptors (Lipinski definition) is 5. The topological polar surface area (TPSA) is 65.1 Å². The standard InChI is InChI=1S/C39H43NO5/c1-2-3-4-5-6-7-8-12-27-43-35-23-19-31(20-24-35)32-21-25-36(26-22-32)45-38(41)34-17-15-30(16-18-34)28-40-37(29-44-39(40)42)33-13-10-9-11-14-33/h9-11,13-26,37H,2-8,12,27-29H2,1H3/t37-/m0/s1. The van der Waals surface area contributed by atoms with E-state index >= 15 is 0 Å². The van der Waals surface area contributed by atoms with Crippen molar-refractivity contribution >= 4 is 12.1 Å². The van der Waals surface area contributed by atoms with Crippen LogP contribution in [0.5, 0.6) is 11.5 Å². The molecule has 0 bridgehead atoms. The molecule has 1 saturated heterocycles. The molecule has 0 radical (unpaired) electrons. The minimum Gasteiger partial charge on any atom is -0.494 e. The van der Waals surface area contributed by atoms with E-state index in [4.69, 9.17) is 14.2 Å². The zero-order chi connectivity index (χ0) is 31.3. The maximum absolute atomic E-state index is 12.8. The molecule has 234 valence electrons. The number of ether oxygens (including phenoxy) is 3. The number of rotatable bonds is 16. The molecule has 4 aromatic rings. The Labute approximate surface area is 266 Å². The van der Waals surface area contributed by atoms with Crippen LogP contribution in [-0.4, -0.2) is 30.2 Å². The van der Waals surface area contributed by atoms with Crippen molar-refractivity contribution in [2.75, 3.05) is 13.2 Å². The Morgan fingerprint density at radius 1 is 0.733 bits per heavy atom. The largest absolute Gasteiger partial charge is 0.494 e. The predicted molar refractivity (Wildman–Crippen MR) is 177 cm³/mol. The lowest BCUT2D eigenvalue weighted by atomic mass is 10.1. The smallest absolute Gasteiger partial charge is 0.410 e. The van der Waals surface area contributed by atoms with Crippen molar-refractivity contribution in [1.29, 1.82) is 0 Å². The van der Waals surface area contributed by atoms with Crippen molar-refractivity contribution in [2.24, 2.45) is 0 Å². The minimum absolute atomic E-state index is 0.137. The van der Waals surface area contributed by atoms with Crippen molar-refractivity contribution in [3.63, 3.8) is 0 Å². The normalized spacial score (nSPS) is 14.3. The van der Waals surface area contributed by atoms with Gasteiger partial charge in [-0.15, -0.1) is 0 Å². The fourth-order valence-corrected chi connectivity index (χ4v) is 5.57. The summed E-state index contributed by atoms with van der Waals surface area (Å²) in [5, 5.41) is 0. The van der Waals surface area contributed by atoms with E-state index in [-0.39, 0.29) is 12.1 Å². The van der Waals surface area contributed by atoms with Gasteiger partial charge in [0, 0.05) is 6.54 Å². The van der Waals surface area contributed by atoms with Crippen LogP contribution < -0.4 is 9.47 Å². The molecule has 0 unspecified atom stereocenters. The molecule has 1 aliphatic rings. The molecular formula is C39H43NO5. The van der Waals surface area contributed by atoms with Crippen molar-refractivity contribution < 1.29 is 23.8 Å². The van der Waals surface area contributed by atoms with Crippen LogP contribution in [0.3, 0.4) is 0 Å². The molecule has 6 heteroatoms. The lowest BCUT2D eigenvalue weighted by molar-refractivity contribution is 0.0734. The van der Waals surface area contributed by atoms with Gasteiger partial charge in [-0.05, 0) is 65.1 Å². The van der Waals surface area contributed by atoms with E-state index in [0.717, 1.165) is 41.0 Å². The number of carbonyl (C=O) groups excluding carboxylic acids is 2. The van der Waals surface area contributed by atoms with Crippen LogP contribution in [0, 0.1) is 0 Å². The summed E-state index contributed by atoms with van der Waals surface area (Å²) in [5.41, 5.74) is 4.47. The second-order valence-corrected chi connectivity index (χ2v) is 11.6. The van der Waals surface area contributed by atoms with Crippen molar-refractivity contribution in [1.82, 2.24) is 4.90 Å². The summed E-state index contributed by atoms with van der Waals surface area (Å²) in [5.74, 6) is 0.924. The van der Waals surface area contributed by atoms with Gasteiger partial charge in [0.05, 0.1) is 18.2 Å². The van der Waals surface area contributed by atoms with Gasteiger partial charge in [0.15, 0.2) is 0 Å². The fourth-order valence-electron chi connectivity index (χ4n) is 5.57. The SMILES string of the molecule is CCCCCCCCCCOc1ccc(-c2ccc(OC(=O)c3ccc(CN4C(=O)OC[C@H]4c4ccccc4)cc3)cc2)cc1. The van der Waals surface area contributed by atoms with Crippen molar-refractivity contribution in [3.05, 3.63) is 120 Å². The van der Waals surface area contributed by atoms with Gasteiger partial charge in [-0.1, -0.05) is 119 Å². The monoisotopic (exact) mass is 605 g/mol. The van der Waals surface area contributed by atoms with Crippen LogP contribution in [0.4, 0.5) is 4.79 Å². The van der Waals surface area contributed by atoms with Gasteiger partial charge >= 0.3 is 12.1 Å². The average molecular weight is 606 g/mol. The maximum Gasteiger partial charge on any atom is 0.410 e. The maximum atomic E-state index is 12.8. The van der Waals surface area contributed by atoms with Crippen molar-refractivity contribution in [2.45, 2.75) is 70.9 Å². The second kappa shape index (κ2) is 16.5. The molecule has 1 amide bonds. The summed E-state index contributed by atoms with van der Waals surface area (Å²) >= 11 is 0. The molecule has 1 fully saturated rings. The molecule has 0 N–H and O–H groups in total. The van der Waals surface area contributed by atoms with E-state index < -0.39 is 5.97 Å². The lowest BCUT2D eigenvalue weighted by Crippen LogP contribution is -2.27. The molecule has 6 nitrogen and oxygen atoms in total. The Morgan fingerprint density at radius 2 is 1.33 bits per heavy atom. The molecule has 5 rings (SSSR count). The molecule has 0 aliphatic carbocycles. The van der Waals surface area contributed by atoms with E-state index in [2.05, 4.69) is 19.1 Å². The number of carbonyl (C=O) groups is 2. The zero-order valence-corrected chi connectivity index (χ0v) is 26.2. The first-order chi connectivity index (χ1) is 22.1. The third kappa shape index (κ3) is 9.21. The van der Waals surface area contributed by atoms with Crippen LogP contribution in [0.2, 0.25) is 0 Å². The number of unbranched alkanes of at least 4 members (excludes halogenated alkanes) is 7. The highest BCUT2D eigenvalue weighted by molar-refractivity contribution is 5.91. The summed E-state index contributed by atoms with van der Waals surface area (Å²) in [6.45, 7) is 3.72. The third-order valence-electron chi connectivity index (χ3n) is 8.22. The molecule has 0 spiro atoms. The predicted octanol–water partition coefficient (Wildman–Crippen LogP) is 9.79. The Kier molecular flexibility index (Phi) is 11.7. The summed E-state index contributed by atoms with van der Waals surface area (Å²) in [6, 6.07) is 32.5. The van der Waals surface area contributed by atoms with Gasteiger partial charge in [0.1, 0.15) is 18.1 Å². The second-order valence-electron chi connectivity index (χ2n) is 11.6. The highest BCUT2D eigenvalue weighted by Gasteiger charge is 2.33. The number of nitrogens with zero attached hydrogens (tertiary/aromatic N) is 1. The van der Waals surface area contributed by atoms with Crippen molar-refractivity contribution in [3.8, 4) is 22.6 Å². The third-order valence-corrected chi connectivity index (χ3v) is 8.22. The molecule has 1 aliphatic heterocycles. The first-order valence-electron chi connectivity index (χ1n) is 16.2. The van der Waals surface area contributed by atoms with Gasteiger partial charge in [-0.25, -0.2) is 9.59 Å². The summed E-state index contributed by atoms with van der Waals surface area (Å²) in [4.78, 5) is 26.9. The minimum atomic E-state index is -0.435. The molecule has 1 atom stereocenters. The summed E-state index contributed by atoms with van der Waals surface area (Å²) < 4.78 is 16.9. The van der Waals surface area contributed by atoms with Crippen LogP contribution >= 0.6 is 0 Å². The van der Waals surface area contributed by atoms with E-state index in [1.165, 1.54) is 44.9 Å². The van der Waals surface area contributed by atoms with Gasteiger partial charge in [-0.2, -0.15) is 0 Å². The van der Waals surface area contributed by atoms with E-state index in [1.807, 2.05) is 66.7 Å². The summed E-state index contributed by atoms with van der Waals surface area (Å²) in [7, 11) is 0. The van der Waals surface area contributed by atoms with Crippen LogP contribution in [0.25, 0.3) is 11.1 Å². The van der Waals surface area contributed by atoms with E-state index in [0.29, 0.717) is 24.5 Å². The van der Waals surface area contributed by atoms with E-state index in [9.17, 15) is 9.59 Å². The first kappa shape index (κ1) is 31.8. The number of amides is 1. The fraction of sp³-hybridized carbons (Fsp3) is 0.333. The van der Waals surface area contributed by atoms with Gasteiger partial charge < -0.3 is 14.2 Å². The molecule has 0 aromatic heterocycles. The highest BCUT2D eigenvalue weighted by atomic mass is 16.6. The summed E-state index contributed by atoms with van der Waals surface area (Å²) in [6.07, 6.45) is 9.95. The van der Waals surface area contributed by atoms with Gasteiger partial charge in [0.2, 0.25) is 0 Å². The van der Waals surface area contributed by atoms with Crippen LogP contribution in [-0.2, 0) is 11.3 Å². The molecular weight excluding hydrogens is 562 g/mol. The number of cyclic esters (lactones) is 1. The Morgan fingerprint density at radius 3 is 1.98 bits per heavy atom. The number of hydrogen-bond donors (Lipinski definition) is 0. The Hall–Kier alpha value is -4.58. The average Bonchev–Trinajstić information content (AvgIpc) is 3.44. The quantitative estimate of drug-likeness (QED) is 0.0723. The number of esters is 1. The molecule has 0 saturated carbocycles. The lowest BCUT2D eigenvalue weighted by Gasteiger charge is -2.21. The van der Waals surface area contributed by atoms with Crippen LogP contribution in [0.1, 0.15) is 85.8 Å².